The van der Waals surface area contributed by atoms with Crippen molar-refractivity contribution in [2.45, 2.75) is 31.4 Å². The lowest BCUT2D eigenvalue weighted by Gasteiger charge is -2.35. The SMILES string of the molecule is COCC1CN(C(=NCC2CCS(=O)(=O)C2)NC2CC2)CCO1. The molecule has 2 heterocycles. The van der Waals surface area contributed by atoms with Crippen molar-refractivity contribution in [2.24, 2.45) is 10.9 Å². The first-order valence-electron chi connectivity index (χ1n) is 8.42. The molecule has 1 saturated carbocycles. The van der Waals surface area contributed by atoms with E-state index < -0.39 is 9.84 Å². The molecule has 2 unspecified atom stereocenters. The van der Waals surface area contributed by atoms with Crippen molar-refractivity contribution in [3.8, 4) is 0 Å². The molecule has 2 atom stereocenters. The fraction of sp³-hybridized carbons (Fsp3) is 0.933. The molecule has 3 fully saturated rings. The lowest BCUT2D eigenvalue weighted by molar-refractivity contribution is -0.0447. The van der Waals surface area contributed by atoms with Gasteiger partial charge in [0.15, 0.2) is 15.8 Å². The number of ether oxygens (including phenoxy) is 2. The van der Waals surface area contributed by atoms with Gasteiger partial charge in [-0.15, -0.1) is 0 Å². The highest BCUT2D eigenvalue weighted by atomic mass is 32.2. The van der Waals surface area contributed by atoms with Gasteiger partial charge in [-0.3, -0.25) is 4.99 Å². The van der Waals surface area contributed by atoms with Gasteiger partial charge in [-0.1, -0.05) is 0 Å². The maximum Gasteiger partial charge on any atom is 0.194 e. The summed E-state index contributed by atoms with van der Waals surface area (Å²) < 4.78 is 34.1. The van der Waals surface area contributed by atoms with Crippen LogP contribution in [0.25, 0.3) is 0 Å². The first kappa shape index (κ1) is 17.0. The molecule has 132 valence electrons. The van der Waals surface area contributed by atoms with Crippen molar-refractivity contribution < 1.29 is 17.9 Å². The Balaban J connectivity index is 1.61. The van der Waals surface area contributed by atoms with Gasteiger partial charge >= 0.3 is 0 Å². The first-order valence-corrected chi connectivity index (χ1v) is 10.2. The van der Waals surface area contributed by atoms with Crippen LogP contribution in [0, 0.1) is 5.92 Å². The molecular weight excluding hydrogens is 318 g/mol. The molecule has 1 N–H and O–H groups in total. The first-order chi connectivity index (χ1) is 11.1. The van der Waals surface area contributed by atoms with Crippen LogP contribution in [-0.4, -0.2) is 82.9 Å². The Labute approximate surface area is 138 Å². The van der Waals surface area contributed by atoms with Gasteiger partial charge in [0.25, 0.3) is 0 Å². The molecular formula is C15H27N3O4S. The summed E-state index contributed by atoms with van der Waals surface area (Å²) in [4.78, 5) is 6.96. The van der Waals surface area contributed by atoms with Crippen LogP contribution in [0.2, 0.25) is 0 Å². The number of morpholine rings is 1. The topological polar surface area (TPSA) is 80.2 Å². The predicted octanol–water partition coefficient (Wildman–Crippen LogP) is -0.124. The third kappa shape index (κ3) is 5.06. The molecule has 3 rings (SSSR count). The van der Waals surface area contributed by atoms with Crippen molar-refractivity contribution in [1.82, 2.24) is 10.2 Å². The third-order valence-electron chi connectivity index (χ3n) is 4.53. The molecule has 0 spiro atoms. The van der Waals surface area contributed by atoms with Gasteiger partial charge in [0, 0.05) is 32.8 Å². The summed E-state index contributed by atoms with van der Waals surface area (Å²) in [5.41, 5.74) is 0. The van der Waals surface area contributed by atoms with Crippen LogP contribution in [-0.2, 0) is 19.3 Å². The van der Waals surface area contributed by atoms with Gasteiger partial charge in [-0.25, -0.2) is 8.42 Å². The summed E-state index contributed by atoms with van der Waals surface area (Å²) in [6.07, 6.45) is 3.16. The van der Waals surface area contributed by atoms with E-state index in [0.29, 0.717) is 31.6 Å². The summed E-state index contributed by atoms with van der Waals surface area (Å²) in [6, 6.07) is 0.518. The minimum Gasteiger partial charge on any atom is -0.382 e. The van der Waals surface area contributed by atoms with E-state index in [1.165, 1.54) is 12.8 Å². The summed E-state index contributed by atoms with van der Waals surface area (Å²) in [5, 5.41) is 3.50. The van der Waals surface area contributed by atoms with Gasteiger partial charge in [0.1, 0.15) is 0 Å². The maximum absolute atomic E-state index is 11.6. The molecule has 2 aliphatic heterocycles. The maximum atomic E-state index is 11.6. The van der Waals surface area contributed by atoms with Crippen LogP contribution in [0.3, 0.4) is 0 Å². The number of nitrogens with one attached hydrogen (secondary N) is 1. The lowest BCUT2D eigenvalue weighted by Crippen LogP contribution is -2.52. The summed E-state index contributed by atoms with van der Waals surface area (Å²) in [5.74, 6) is 1.65. The van der Waals surface area contributed by atoms with E-state index >= 15 is 0 Å². The molecule has 0 aromatic rings. The molecule has 23 heavy (non-hydrogen) atoms. The van der Waals surface area contributed by atoms with Crippen molar-refractivity contribution in [1.29, 1.82) is 0 Å². The Hall–Kier alpha value is -0.860. The predicted molar refractivity (Wildman–Crippen MR) is 88.4 cm³/mol. The number of sulfone groups is 1. The van der Waals surface area contributed by atoms with E-state index in [-0.39, 0.29) is 17.8 Å². The number of aliphatic imine (C=N–C) groups is 1. The van der Waals surface area contributed by atoms with Crippen LogP contribution in [0.1, 0.15) is 19.3 Å². The highest BCUT2D eigenvalue weighted by Crippen LogP contribution is 2.21. The highest BCUT2D eigenvalue weighted by Gasteiger charge is 2.30. The Morgan fingerprint density at radius 2 is 2.22 bits per heavy atom. The normalized spacial score (nSPS) is 31.3. The van der Waals surface area contributed by atoms with Crippen molar-refractivity contribution >= 4 is 15.8 Å². The second kappa shape index (κ2) is 7.36. The van der Waals surface area contributed by atoms with E-state index in [4.69, 9.17) is 14.5 Å². The standard InChI is InChI=1S/C15H27N3O4S/c1-21-10-14-9-18(5-6-22-14)15(17-13-2-3-13)16-8-12-4-7-23(19,20)11-12/h12-14H,2-11H2,1H3,(H,16,17). The van der Waals surface area contributed by atoms with Crippen LogP contribution in [0.15, 0.2) is 4.99 Å². The number of guanidine groups is 1. The highest BCUT2D eigenvalue weighted by molar-refractivity contribution is 7.91. The Bertz CT molecular complexity index is 531. The second-order valence-corrected chi connectivity index (χ2v) is 8.97. The Kier molecular flexibility index (Phi) is 5.43. The van der Waals surface area contributed by atoms with Gasteiger partial charge < -0.3 is 19.7 Å². The molecule has 0 bridgehead atoms. The average molecular weight is 345 g/mol. The van der Waals surface area contributed by atoms with E-state index in [0.717, 1.165) is 25.5 Å². The number of rotatable bonds is 5. The quantitative estimate of drug-likeness (QED) is 0.553. The van der Waals surface area contributed by atoms with Crippen LogP contribution in [0.5, 0.6) is 0 Å². The molecule has 0 aromatic heterocycles. The lowest BCUT2D eigenvalue weighted by atomic mass is 10.1. The minimum absolute atomic E-state index is 0.0619. The largest absolute Gasteiger partial charge is 0.382 e. The zero-order valence-corrected chi connectivity index (χ0v) is 14.6. The van der Waals surface area contributed by atoms with Gasteiger partial charge in [0.05, 0.1) is 30.8 Å². The van der Waals surface area contributed by atoms with Crippen LogP contribution >= 0.6 is 0 Å². The second-order valence-electron chi connectivity index (χ2n) is 6.75. The monoisotopic (exact) mass is 345 g/mol. The number of methoxy groups -OCH3 is 1. The average Bonchev–Trinajstić information content (AvgIpc) is 3.27. The zero-order chi connectivity index (χ0) is 16.3. The van der Waals surface area contributed by atoms with E-state index in [1.54, 1.807) is 7.11 Å². The molecule has 2 saturated heterocycles. The van der Waals surface area contributed by atoms with Crippen molar-refractivity contribution in [2.75, 3.05) is 51.5 Å². The number of nitrogens with zero attached hydrogens (tertiary/aromatic N) is 2. The molecule has 8 heteroatoms. The molecule has 1 aliphatic carbocycles. The van der Waals surface area contributed by atoms with E-state index in [1.807, 2.05) is 0 Å². The van der Waals surface area contributed by atoms with Crippen molar-refractivity contribution in [3.05, 3.63) is 0 Å². The van der Waals surface area contributed by atoms with Gasteiger partial charge in [-0.05, 0) is 25.2 Å². The summed E-state index contributed by atoms with van der Waals surface area (Å²) >= 11 is 0. The summed E-state index contributed by atoms with van der Waals surface area (Å²) in [7, 11) is -1.15. The summed E-state index contributed by atoms with van der Waals surface area (Å²) in [6.45, 7) is 3.39. The fourth-order valence-corrected chi connectivity index (χ4v) is 4.93. The van der Waals surface area contributed by atoms with Crippen LogP contribution in [0.4, 0.5) is 0 Å². The van der Waals surface area contributed by atoms with Crippen molar-refractivity contribution in [3.63, 3.8) is 0 Å². The van der Waals surface area contributed by atoms with Gasteiger partial charge in [-0.2, -0.15) is 0 Å². The minimum atomic E-state index is -2.83. The Morgan fingerprint density at radius 3 is 2.87 bits per heavy atom. The smallest absolute Gasteiger partial charge is 0.194 e. The fourth-order valence-electron chi connectivity index (χ4n) is 3.08. The molecule has 0 amide bonds. The number of hydrogen-bond donors (Lipinski definition) is 1. The molecule has 0 aromatic carbocycles. The van der Waals surface area contributed by atoms with Crippen LogP contribution < -0.4 is 5.32 Å². The van der Waals surface area contributed by atoms with Gasteiger partial charge in [0.2, 0.25) is 0 Å². The molecule has 3 aliphatic rings. The van der Waals surface area contributed by atoms with E-state index in [2.05, 4.69) is 10.2 Å². The third-order valence-corrected chi connectivity index (χ3v) is 6.36. The zero-order valence-electron chi connectivity index (χ0n) is 13.7. The van der Waals surface area contributed by atoms with E-state index in [9.17, 15) is 8.42 Å². The number of hydrogen-bond acceptors (Lipinski definition) is 5. The molecule has 7 nitrogen and oxygen atoms in total. The Morgan fingerprint density at radius 1 is 1.39 bits per heavy atom. The molecule has 0 radical (unpaired) electrons.